The number of nitrogens with two attached hydrogens (primary N) is 1. The molecular weight excluding hydrogens is 160 g/mol. The number of rotatable bonds is 4. The summed E-state index contributed by atoms with van der Waals surface area (Å²) in [5, 5.41) is 0. The summed E-state index contributed by atoms with van der Waals surface area (Å²) in [7, 11) is 0. The molecule has 1 rings (SSSR count). The summed E-state index contributed by atoms with van der Waals surface area (Å²) in [5.41, 5.74) is 7.02. The first kappa shape index (κ1) is 10.2. The van der Waals surface area contributed by atoms with E-state index in [2.05, 4.69) is 18.1 Å². The lowest BCUT2D eigenvalue weighted by Crippen LogP contribution is -2.27. The minimum Gasteiger partial charge on any atom is -0.326 e. The first-order chi connectivity index (χ1) is 6.26. The van der Waals surface area contributed by atoms with Crippen molar-refractivity contribution in [3.05, 3.63) is 37.0 Å². The summed E-state index contributed by atoms with van der Waals surface area (Å²) in [6, 6.07) is 0.356. The summed E-state index contributed by atoms with van der Waals surface area (Å²) in [5.74, 6) is 0. The molecule has 1 unspecified atom stereocenters. The minimum absolute atomic E-state index is 0.356. The van der Waals surface area contributed by atoms with Crippen LogP contribution in [0.5, 0.6) is 0 Å². The summed E-state index contributed by atoms with van der Waals surface area (Å²) in [6.07, 6.45) is 6.79. The van der Waals surface area contributed by atoms with Crippen LogP contribution in [0.15, 0.2) is 37.0 Å². The maximum Gasteiger partial charge on any atom is 0.0234 e. The Bertz CT molecular complexity index is 218. The molecule has 1 saturated heterocycles. The van der Waals surface area contributed by atoms with Crippen LogP contribution in [0.3, 0.4) is 0 Å². The largest absolute Gasteiger partial charge is 0.326 e. The van der Waals surface area contributed by atoms with E-state index in [0.29, 0.717) is 6.04 Å². The maximum absolute atomic E-state index is 5.81. The van der Waals surface area contributed by atoms with Gasteiger partial charge in [-0.05, 0) is 12.0 Å². The van der Waals surface area contributed by atoms with Gasteiger partial charge in [-0.25, -0.2) is 0 Å². The van der Waals surface area contributed by atoms with Crippen molar-refractivity contribution in [3.8, 4) is 0 Å². The van der Waals surface area contributed by atoms with Gasteiger partial charge >= 0.3 is 0 Å². The van der Waals surface area contributed by atoms with E-state index in [4.69, 9.17) is 5.73 Å². The molecule has 1 aliphatic rings. The topological polar surface area (TPSA) is 29.3 Å². The zero-order valence-corrected chi connectivity index (χ0v) is 8.08. The highest BCUT2D eigenvalue weighted by molar-refractivity contribution is 5.22. The molecule has 0 amide bonds. The zero-order chi connectivity index (χ0) is 9.68. The molecule has 0 radical (unpaired) electrons. The molecule has 13 heavy (non-hydrogen) atoms. The molecule has 2 N–H and O–H groups in total. The molecule has 1 heterocycles. The molecule has 0 saturated carbocycles. The van der Waals surface area contributed by atoms with E-state index >= 15 is 0 Å². The van der Waals surface area contributed by atoms with E-state index in [-0.39, 0.29) is 0 Å². The van der Waals surface area contributed by atoms with Crippen LogP contribution in [0.2, 0.25) is 0 Å². The molecule has 1 atom stereocenters. The monoisotopic (exact) mass is 178 g/mol. The molecule has 0 aliphatic carbocycles. The predicted octanol–water partition coefficient (Wildman–Crippen LogP) is 1.32. The average Bonchev–Trinajstić information content (AvgIpc) is 2.50. The highest BCUT2D eigenvalue weighted by atomic mass is 15.2. The smallest absolute Gasteiger partial charge is 0.0234 e. The highest BCUT2D eigenvalue weighted by Gasteiger charge is 2.18. The third-order valence-corrected chi connectivity index (χ3v) is 2.31. The van der Waals surface area contributed by atoms with Gasteiger partial charge in [0.1, 0.15) is 0 Å². The maximum atomic E-state index is 5.81. The van der Waals surface area contributed by atoms with Crippen LogP contribution in [-0.4, -0.2) is 30.6 Å². The Labute approximate surface area is 80.4 Å². The summed E-state index contributed by atoms with van der Waals surface area (Å²) in [4.78, 5) is 2.35. The van der Waals surface area contributed by atoms with E-state index in [1.54, 1.807) is 6.08 Å². The van der Waals surface area contributed by atoms with Crippen molar-refractivity contribution in [2.24, 2.45) is 5.73 Å². The predicted molar refractivity (Wildman–Crippen MR) is 57.5 cm³/mol. The van der Waals surface area contributed by atoms with Crippen LogP contribution in [0.1, 0.15) is 6.42 Å². The fourth-order valence-corrected chi connectivity index (χ4v) is 1.60. The van der Waals surface area contributed by atoms with Gasteiger partial charge in [0.25, 0.3) is 0 Å². The normalized spacial score (nSPS) is 24.7. The number of nitrogens with zero attached hydrogens (tertiary/aromatic N) is 1. The van der Waals surface area contributed by atoms with Crippen LogP contribution in [0.25, 0.3) is 0 Å². The van der Waals surface area contributed by atoms with Gasteiger partial charge in [-0.3, -0.25) is 4.90 Å². The van der Waals surface area contributed by atoms with Crippen LogP contribution in [0, 0.1) is 0 Å². The second kappa shape index (κ2) is 5.00. The van der Waals surface area contributed by atoms with Gasteiger partial charge in [-0.2, -0.15) is 0 Å². The molecule has 2 nitrogen and oxygen atoms in total. The molecule has 1 aliphatic heterocycles. The van der Waals surface area contributed by atoms with Crippen molar-refractivity contribution in [2.75, 3.05) is 19.6 Å². The molecule has 2 heteroatoms. The number of likely N-dealkylation sites (tertiary alicyclic amines) is 1. The number of allylic oxidation sites excluding steroid dienone is 2. The van der Waals surface area contributed by atoms with E-state index in [9.17, 15) is 0 Å². The van der Waals surface area contributed by atoms with Crippen molar-refractivity contribution in [1.82, 2.24) is 4.90 Å². The van der Waals surface area contributed by atoms with Crippen molar-refractivity contribution >= 4 is 0 Å². The number of hydrogen-bond donors (Lipinski definition) is 1. The fraction of sp³-hybridized carbons (Fsp3) is 0.455. The average molecular weight is 178 g/mol. The summed E-state index contributed by atoms with van der Waals surface area (Å²) < 4.78 is 0. The first-order valence-corrected chi connectivity index (χ1v) is 4.68. The molecule has 0 aromatic rings. The zero-order valence-electron chi connectivity index (χ0n) is 8.08. The van der Waals surface area contributed by atoms with Gasteiger partial charge in [0.05, 0.1) is 0 Å². The molecule has 1 fully saturated rings. The van der Waals surface area contributed by atoms with Crippen LogP contribution >= 0.6 is 0 Å². The van der Waals surface area contributed by atoms with Crippen molar-refractivity contribution in [1.29, 1.82) is 0 Å². The lowest BCUT2D eigenvalue weighted by Gasteiger charge is -2.15. The van der Waals surface area contributed by atoms with E-state index in [0.717, 1.165) is 26.1 Å². The fourth-order valence-electron chi connectivity index (χ4n) is 1.60. The van der Waals surface area contributed by atoms with Crippen molar-refractivity contribution in [3.63, 3.8) is 0 Å². The first-order valence-electron chi connectivity index (χ1n) is 4.68. The van der Waals surface area contributed by atoms with Gasteiger partial charge in [0.15, 0.2) is 0 Å². The van der Waals surface area contributed by atoms with Crippen LogP contribution < -0.4 is 5.73 Å². The van der Waals surface area contributed by atoms with Gasteiger partial charge < -0.3 is 5.73 Å². The van der Waals surface area contributed by atoms with Gasteiger partial charge in [0.2, 0.25) is 0 Å². The summed E-state index contributed by atoms with van der Waals surface area (Å²) in [6.45, 7) is 10.5. The standard InChI is InChI=1S/C11H18N2/c1-3-5-10(4-2)8-13-7-6-11(12)9-13/h3-5,11H,1-2,6-9,12H2/b10-5+. The highest BCUT2D eigenvalue weighted by Crippen LogP contribution is 2.09. The Balaban J connectivity index is 2.42. The molecular formula is C11H18N2. The second-order valence-electron chi connectivity index (χ2n) is 3.47. The Kier molecular flexibility index (Phi) is 3.93. The lowest BCUT2D eigenvalue weighted by atomic mass is 10.2. The number of hydrogen-bond acceptors (Lipinski definition) is 2. The quantitative estimate of drug-likeness (QED) is 0.658. The van der Waals surface area contributed by atoms with E-state index < -0.39 is 0 Å². The second-order valence-corrected chi connectivity index (χ2v) is 3.47. The third-order valence-electron chi connectivity index (χ3n) is 2.31. The Morgan fingerprint density at radius 1 is 1.54 bits per heavy atom. The van der Waals surface area contributed by atoms with Gasteiger partial charge in [-0.15, -0.1) is 0 Å². The van der Waals surface area contributed by atoms with Crippen molar-refractivity contribution in [2.45, 2.75) is 12.5 Å². The van der Waals surface area contributed by atoms with Gasteiger partial charge in [-0.1, -0.05) is 31.4 Å². The molecule has 0 aromatic carbocycles. The van der Waals surface area contributed by atoms with Crippen molar-refractivity contribution < 1.29 is 0 Å². The van der Waals surface area contributed by atoms with E-state index in [1.165, 1.54) is 5.57 Å². The van der Waals surface area contributed by atoms with E-state index in [1.807, 2.05) is 12.2 Å². The van der Waals surface area contributed by atoms with Crippen LogP contribution in [-0.2, 0) is 0 Å². The molecule has 0 aromatic heterocycles. The molecule has 0 spiro atoms. The Morgan fingerprint density at radius 2 is 2.31 bits per heavy atom. The Morgan fingerprint density at radius 3 is 2.77 bits per heavy atom. The third kappa shape index (κ3) is 3.17. The van der Waals surface area contributed by atoms with Crippen LogP contribution in [0.4, 0.5) is 0 Å². The summed E-state index contributed by atoms with van der Waals surface area (Å²) >= 11 is 0. The molecule has 72 valence electrons. The lowest BCUT2D eigenvalue weighted by molar-refractivity contribution is 0.366. The molecule has 0 bridgehead atoms. The Hall–Kier alpha value is -0.860. The SMILES string of the molecule is C=C/C=C(\C=C)CN1CCC(N)C1. The van der Waals surface area contributed by atoms with Gasteiger partial charge in [0, 0.05) is 25.7 Å². The minimum atomic E-state index is 0.356.